The lowest BCUT2D eigenvalue weighted by molar-refractivity contribution is -0.133. The van der Waals surface area contributed by atoms with Crippen molar-refractivity contribution in [2.75, 3.05) is 33.3 Å². The molecule has 1 unspecified atom stereocenters. The Bertz CT molecular complexity index is 439. The topological polar surface area (TPSA) is 41.6 Å². The molecule has 0 bridgehead atoms. The molecule has 0 aliphatic carbocycles. The zero-order valence-electron chi connectivity index (χ0n) is 11.5. The Labute approximate surface area is 124 Å². The number of halogens is 2. The lowest BCUT2D eigenvalue weighted by atomic mass is 10.1. The van der Waals surface area contributed by atoms with Crippen molar-refractivity contribution in [2.24, 2.45) is 5.92 Å². The molecule has 1 aromatic rings. The van der Waals surface area contributed by atoms with Gasteiger partial charge in [-0.05, 0) is 25.1 Å². The highest BCUT2D eigenvalue weighted by molar-refractivity contribution is 5.85. The Morgan fingerprint density at radius 2 is 2.25 bits per heavy atom. The minimum Gasteiger partial charge on any atom is -0.489 e. The summed E-state index contributed by atoms with van der Waals surface area (Å²) in [5, 5.41) is 3.17. The van der Waals surface area contributed by atoms with Gasteiger partial charge in [0.25, 0.3) is 0 Å². The fraction of sp³-hybridized carbons (Fsp3) is 0.500. The summed E-state index contributed by atoms with van der Waals surface area (Å²) in [7, 11) is 1.76. The average molecular weight is 303 g/mol. The lowest BCUT2D eigenvalue weighted by Gasteiger charge is -2.20. The molecular weight excluding hydrogens is 283 g/mol. The molecule has 0 spiro atoms. The zero-order valence-corrected chi connectivity index (χ0v) is 12.3. The fourth-order valence-corrected chi connectivity index (χ4v) is 2.14. The van der Waals surface area contributed by atoms with Crippen molar-refractivity contribution in [2.45, 2.75) is 6.42 Å². The van der Waals surface area contributed by atoms with Crippen LogP contribution in [0.15, 0.2) is 24.3 Å². The largest absolute Gasteiger partial charge is 0.489 e. The quantitative estimate of drug-likeness (QED) is 0.900. The average Bonchev–Trinajstić information content (AvgIpc) is 2.94. The van der Waals surface area contributed by atoms with E-state index in [1.54, 1.807) is 30.1 Å². The van der Waals surface area contributed by atoms with E-state index in [-0.39, 0.29) is 35.8 Å². The van der Waals surface area contributed by atoms with Crippen LogP contribution >= 0.6 is 12.4 Å². The van der Waals surface area contributed by atoms with E-state index in [0.717, 1.165) is 19.5 Å². The number of benzene rings is 1. The van der Waals surface area contributed by atoms with Crippen LogP contribution in [0, 0.1) is 11.7 Å². The molecule has 1 aliphatic heterocycles. The van der Waals surface area contributed by atoms with Crippen LogP contribution < -0.4 is 10.1 Å². The first-order chi connectivity index (χ1) is 9.18. The summed E-state index contributed by atoms with van der Waals surface area (Å²) in [4.78, 5) is 13.7. The van der Waals surface area contributed by atoms with E-state index in [4.69, 9.17) is 4.74 Å². The van der Waals surface area contributed by atoms with Gasteiger partial charge >= 0.3 is 0 Å². The number of rotatable bonds is 5. The molecule has 0 aromatic heterocycles. The van der Waals surface area contributed by atoms with Crippen molar-refractivity contribution < 1.29 is 13.9 Å². The molecule has 20 heavy (non-hydrogen) atoms. The van der Waals surface area contributed by atoms with Crippen molar-refractivity contribution >= 4 is 18.3 Å². The summed E-state index contributed by atoms with van der Waals surface area (Å²) in [6.07, 6.45) is 0.886. The van der Waals surface area contributed by atoms with Crippen molar-refractivity contribution in [3.05, 3.63) is 30.1 Å². The molecule has 6 heteroatoms. The second-order valence-electron chi connectivity index (χ2n) is 4.73. The minimum absolute atomic E-state index is 0. The molecule has 1 N–H and O–H groups in total. The van der Waals surface area contributed by atoms with Gasteiger partial charge in [-0.1, -0.05) is 12.1 Å². The molecular formula is C14H20ClFN2O2. The molecule has 1 amide bonds. The van der Waals surface area contributed by atoms with Gasteiger partial charge in [-0.25, -0.2) is 4.39 Å². The highest BCUT2D eigenvalue weighted by Crippen LogP contribution is 2.15. The number of carbonyl (C=O) groups excluding carboxylic acids is 1. The first kappa shape index (κ1) is 16.7. The summed E-state index contributed by atoms with van der Waals surface area (Å²) in [5.74, 6) is 0.0444. The lowest BCUT2D eigenvalue weighted by Crippen LogP contribution is -2.36. The third-order valence-corrected chi connectivity index (χ3v) is 3.31. The molecule has 2 rings (SSSR count). The Morgan fingerprint density at radius 1 is 1.50 bits per heavy atom. The van der Waals surface area contributed by atoms with Gasteiger partial charge in [0.05, 0.1) is 12.5 Å². The number of para-hydroxylation sites is 1. The zero-order chi connectivity index (χ0) is 13.7. The van der Waals surface area contributed by atoms with Gasteiger partial charge < -0.3 is 15.0 Å². The summed E-state index contributed by atoms with van der Waals surface area (Å²) < 4.78 is 18.6. The van der Waals surface area contributed by atoms with Crippen molar-refractivity contribution in [1.82, 2.24) is 10.2 Å². The third-order valence-electron chi connectivity index (χ3n) is 3.31. The van der Waals surface area contributed by atoms with E-state index in [0.29, 0.717) is 13.2 Å². The van der Waals surface area contributed by atoms with Gasteiger partial charge in [0.1, 0.15) is 6.61 Å². The molecule has 0 saturated carbocycles. The number of hydrogen-bond donors (Lipinski definition) is 1. The van der Waals surface area contributed by atoms with Gasteiger partial charge in [-0.15, -0.1) is 12.4 Å². The van der Waals surface area contributed by atoms with Crippen LogP contribution in [0.4, 0.5) is 4.39 Å². The van der Waals surface area contributed by atoms with E-state index >= 15 is 0 Å². The number of amides is 1. The normalized spacial score (nSPS) is 17.4. The first-order valence-corrected chi connectivity index (χ1v) is 6.51. The monoisotopic (exact) mass is 302 g/mol. The van der Waals surface area contributed by atoms with Crippen LogP contribution in [0.2, 0.25) is 0 Å². The number of hydrogen-bond acceptors (Lipinski definition) is 3. The number of carbonyl (C=O) groups is 1. The van der Waals surface area contributed by atoms with Crippen LogP contribution in [0.1, 0.15) is 6.42 Å². The smallest absolute Gasteiger partial charge is 0.226 e. The van der Waals surface area contributed by atoms with Gasteiger partial charge in [0, 0.05) is 13.6 Å². The SMILES string of the molecule is CN(CCOc1ccccc1F)C(=O)C1CCNC1.Cl. The van der Waals surface area contributed by atoms with Crippen LogP contribution in [0.25, 0.3) is 0 Å². The maximum atomic E-state index is 13.3. The van der Waals surface area contributed by atoms with E-state index in [2.05, 4.69) is 5.32 Å². The molecule has 1 aliphatic rings. The van der Waals surface area contributed by atoms with Crippen LogP contribution in [-0.4, -0.2) is 44.1 Å². The van der Waals surface area contributed by atoms with Gasteiger partial charge in [0.2, 0.25) is 5.91 Å². The van der Waals surface area contributed by atoms with Crippen LogP contribution in [-0.2, 0) is 4.79 Å². The maximum absolute atomic E-state index is 13.3. The van der Waals surface area contributed by atoms with E-state index < -0.39 is 0 Å². The third kappa shape index (κ3) is 4.35. The Morgan fingerprint density at radius 3 is 2.90 bits per heavy atom. The standard InChI is InChI=1S/C14H19FN2O2.ClH/c1-17(14(18)11-6-7-16-10-11)8-9-19-13-5-3-2-4-12(13)15;/h2-5,11,16H,6-10H2,1H3;1H. The highest BCUT2D eigenvalue weighted by atomic mass is 35.5. The summed E-state index contributed by atoms with van der Waals surface area (Å²) in [6.45, 7) is 2.40. The summed E-state index contributed by atoms with van der Waals surface area (Å²) >= 11 is 0. The Balaban J connectivity index is 0.00000200. The van der Waals surface area contributed by atoms with Gasteiger partial charge in [-0.3, -0.25) is 4.79 Å². The maximum Gasteiger partial charge on any atom is 0.226 e. The van der Waals surface area contributed by atoms with E-state index in [9.17, 15) is 9.18 Å². The second kappa shape index (κ2) is 8.07. The Hall–Kier alpha value is -1.33. The molecule has 0 radical (unpaired) electrons. The summed E-state index contributed by atoms with van der Waals surface area (Å²) in [6, 6.07) is 6.27. The van der Waals surface area contributed by atoms with Gasteiger partial charge in [-0.2, -0.15) is 0 Å². The summed E-state index contributed by atoms with van der Waals surface area (Å²) in [5.41, 5.74) is 0. The van der Waals surface area contributed by atoms with Gasteiger partial charge in [0.15, 0.2) is 11.6 Å². The minimum atomic E-state index is -0.378. The van der Waals surface area contributed by atoms with E-state index in [1.807, 2.05) is 0 Å². The molecule has 1 fully saturated rings. The number of nitrogens with one attached hydrogen (secondary N) is 1. The van der Waals surface area contributed by atoms with Crippen molar-refractivity contribution in [3.63, 3.8) is 0 Å². The first-order valence-electron chi connectivity index (χ1n) is 6.51. The van der Waals surface area contributed by atoms with Crippen molar-refractivity contribution in [3.8, 4) is 5.75 Å². The van der Waals surface area contributed by atoms with Crippen molar-refractivity contribution in [1.29, 1.82) is 0 Å². The molecule has 1 heterocycles. The number of likely N-dealkylation sites (N-methyl/N-ethyl adjacent to an activating group) is 1. The predicted molar refractivity (Wildman–Crippen MR) is 77.8 cm³/mol. The second-order valence-corrected chi connectivity index (χ2v) is 4.73. The number of nitrogens with zero attached hydrogens (tertiary/aromatic N) is 1. The fourth-order valence-electron chi connectivity index (χ4n) is 2.14. The highest BCUT2D eigenvalue weighted by Gasteiger charge is 2.24. The number of ether oxygens (including phenoxy) is 1. The molecule has 4 nitrogen and oxygen atoms in total. The molecule has 1 aromatic carbocycles. The van der Waals surface area contributed by atoms with E-state index in [1.165, 1.54) is 6.07 Å². The molecule has 112 valence electrons. The molecule has 1 atom stereocenters. The molecule has 1 saturated heterocycles. The predicted octanol–water partition coefficient (Wildman–Crippen LogP) is 1.69. The van der Waals surface area contributed by atoms with Crippen LogP contribution in [0.3, 0.4) is 0 Å². The van der Waals surface area contributed by atoms with Crippen LogP contribution in [0.5, 0.6) is 5.75 Å². The Kier molecular flexibility index (Phi) is 6.75.